The summed E-state index contributed by atoms with van der Waals surface area (Å²) < 4.78 is 23.1. The first-order valence-electron chi connectivity index (χ1n) is 9.34. The lowest BCUT2D eigenvalue weighted by Crippen LogP contribution is -2.40. The number of nitrogens with zero attached hydrogens (tertiary/aromatic N) is 2. The molecule has 0 spiro atoms. The van der Waals surface area contributed by atoms with E-state index in [0.29, 0.717) is 25.1 Å². The van der Waals surface area contributed by atoms with Crippen molar-refractivity contribution in [3.63, 3.8) is 0 Å². The summed E-state index contributed by atoms with van der Waals surface area (Å²) in [6.45, 7) is 8.60. The van der Waals surface area contributed by atoms with Crippen LogP contribution in [0.1, 0.15) is 32.8 Å². The zero-order valence-corrected chi connectivity index (χ0v) is 20.1. The molecule has 0 aromatic heterocycles. The number of guanidine groups is 1. The second kappa shape index (κ2) is 14.2. The molecule has 0 bridgehead atoms. The zero-order valence-electron chi connectivity index (χ0n) is 16.9. The van der Waals surface area contributed by atoms with Crippen LogP contribution in [0.4, 0.5) is 0 Å². The fourth-order valence-electron chi connectivity index (χ4n) is 2.42. The Morgan fingerprint density at radius 2 is 1.85 bits per heavy atom. The van der Waals surface area contributed by atoms with Crippen molar-refractivity contribution in [1.29, 1.82) is 0 Å². The highest BCUT2D eigenvalue weighted by atomic mass is 127. The third-order valence-corrected chi connectivity index (χ3v) is 6.04. The van der Waals surface area contributed by atoms with Crippen LogP contribution in [0.15, 0.2) is 35.3 Å². The van der Waals surface area contributed by atoms with Gasteiger partial charge in [0.25, 0.3) is 0 Å². The summed E-state index contributed by atoms with van der Waals surface area (Å²) in [4.78, 5) is 6.88. The van der Waals surface area contributed by atoms with E-state index in [2.05, 4.69) is 58.8 Å². The highest BCUT2D eigenvalue weighted by Gasteiger charge is 2.10. The summed E-state index contributed by atoms with van der Waals surface area (Å²) in [5.74, 6) is 0.981. The van der Waals surface area contributed by atoms with Crippen molar-refractivity contribution in [2.45, 2.75) is 39.8 Å². The first kappa shape index (κ1) is 26.1. The molecular formula is C19H35IN4O2S. The molecule has 0 amide bonds. The summed E-state index contributed by atoms with van der Waals surface area (Å²) >= 11 is 0. The largest absolute Gasteiger partial charge is 0.357 e. The maximum absolute atomic E-state index is 11.6. The molecule has 0 aliphatic carbocycles. The molecule has 1 rings (SSSR count). The molecule has 2 N–H and O–H groups in total. The van der Waals surface area contributed by atoms with E-state index in [1.54, 1.807) is 6.92 Å². The van der Waals surface area contributed by atoms with Gasteiger partial charge in [-0.25, -0.2) is 8.42 Å². The Kier molecular flexibility index (Phi) is 13.7. The minimum absolute atomic E-state index is 0. The molecular weight excluding hydrogens is 475 g/mol. The molecule has 27 heavy (non-hydrogen) atoms. The van der Waals surface area contributed by atoms with Crippen LogP contribution in [0.25, 0.3) is 0 Å². The van der Waals surface area contributed by atoms with E-state index in [4.69, 9.17) is 0 Å². The first-order valence-corrected chi connectivity index (χ1v) is 11.2. The van der Waals surface area contributed by atoms with Crippen LogP contribution < -0.4 is 10.6 Å². The number of sulfone groups is 1. The van der Waals surface area contributed by atoms with Crippen LogP contribution in [-0.2, 0) is 16.4 Å². The van der Waals surface area contributed by atoms with E-state index in [1.807, 2.05) is 13.0 Å². The summed E-state index contributed by atoms with van der Waals surface area (Å²) in [5, 5.41) is 6.26. The van der Waals surface area contributed by atoms with Gasteiger partial charge >= 0.3 is 0 Å². The molecule has 6 nitrogen and oxygen atoms in total. The van der Waals surface area contributed by atoms with Gasteiger partial charge < -0.3 is 10.6 Å². The van der Waals surface area contributed by atoms with Crippen molar-refractivity contribution in [3.05, 3.63) is 35.9 Å². The van der Waals surface area contributed by atoms with Crippen LogP contribution in [0.3, 0.4) is 0 Å². The number of rotatable bonds is 11. The lowest BCUT2D eigenvalue weighted by molar-refractivity contribution is 0.240. The van der Waals surface area contributed by atoms with Crippen molar-refractivity contribution in [2.24, 2.45) is 4.99 Å². The number of hydrogen-bond donors (Lipinski definition) is 2. The third-order valence-electron chi connectivity index (χ3n) is 4.33. The third kappa shape index (κ3) is 11.5. The highest BCUT2D eigenvalue weighted by molar-refractivity contribution is 14.0. The molecule has 8 heteroatoms. The van der Waals surface area contributed by atoms with Gasteiger partial charge in [0.1, 0.15) is 0 Å². The topological polar surface area (TPSA) is 73.8 Å². The smallest absolute Gasteiger partial charge is 0.191 e. The Hall–Kier alpha value is -0.870. The number of halogens is 1. The van der Waals surface area contributed by atoms with Gasteiger partial charge in [-0.2, -0.15) is 0 Å². The summed E-state index contributed by atoms with van der Waals surface area (Å²) in [5.41, 5.74) is 1.30. The normalized spacial score (nSPS) is 13.1. The summed E-state index contributed by atoms with van der Waals surface area (Å²) in [6.07, 6.45) is 0.938. The van der Waals surface area contributed by atoms with Gasteiger partial charge in [-0.05, 0) is 32.9 Å². The standard InChI is InChI=1S/C19H34N4O2S.HI/c1-5-20-19(22-14-15-26(24,25)6-2)21-13-12-17(3)23(4)16-18-10-8-7-9-11-18;/h7-11,17H,5-6,12-16H2,1-4H3,(H2,20,21,22);1H. The zero-order chi connectivity index (χ0) is 19.4. The molecule has 1 aromatic carbocycles. The van der Waals surface area contributed by atoms with Gasteiger partial charge in [-0.15, -0.1) is 24.0 Å². The van der Waals surface area contributed by atoms with Crippen molar-refractivity contribution >= 4 is 39.8 Å². The van der Waals surface area contributed by atoms with Gasteiger partial charge in [-0.3, -0.25) is 9.89 Å². The molecule has 156 valence electrons. The quantitative estimate of drug-likeness (QED) is 0.272. The minimum atomic E-state index is -2.96. The van der Waals surface area contributed by atoms with Gasteiger partial charge in [0.05, 0.1) is 5.75 Å². The minimum Gasteiger partial charge on any atom is -0.357 e. The highest BCUT2D eigenvalue weighted by Crippen LogP contribution is 2.08. The average Bonchev–Trinajstić information content (AvgIpc) is 2.62. The van der Waals surface area contributed by atoms with E-state index in [0.717, 1.165) is 19.5 Å². The molecule has 0 aliphatic rings. The molecule has 0 radical (unpaired) electrons. The van der Waals surface area contributed by atoms with Crippen LogP contribution in [0, 0.1) is 0 Å². The predicted octanol–water partition coefficient (Wildman–Crippen LogP) is 2.50. The number of nitrogens with one attached hydrogen (secondary N) is 2. The second-order valence-electron chi connectivity index (χ2n) is 6.46. The molecule has 1 aromatic rings. The fraction of sp³-hybridized carbons (Fsp3) is 0.632. The van der Waals surface area contributed by atoms with Crippen LogP contribution >= 0.6 is 24.0 Å². The van der Waals surface area contributed by atoms with Gasteiger partial charge in [-0.1, -0.05) is 37.3 Å². The Morgan fingerprint density at radius 3 is 2.44 bits per heavy atom. The first-order chi connectivity index (χ1) is 12.4. The van der Waals surface area contributed by atoms with E-state index in [9.17, 15) is 8.42 Å². The number of hydrogen-bond acceptors (Lipinski definition) is 4. The van der Waals surface area contributed by atoms with Crippen LogP contribution in [0.5, 0.6) is 0 Å². The summed E-state index contributed by atoms with van der Waals surface area (Å²) in [6, 6.07) is 10.8. The van der Waals surface area contributed by atoms with E-state index >= 15 is 0 Å². The van der Waals surface area contributed by atoms with Crippen molar-refractivity contribution in [1.82, 2.24) is 15.5 Å². The van der Waals surface area contributed by atoms with Crippen LogP contribution in [-0.4, -0.2) is 63.5 Å². The monoisotopic (exact) mass is 510 g/mol. The fourth-order valence-corrected chi connectivity index (χ4v) is 3.12. The maximum Gasteiger partial charge on any atom is 0.191 e. The van der Waals surface area contributed by atoms with Crippen molar-refractivity contribution in [2.75, 3.05) is 38.2 Å². The molecule has 0 heterocycles. The van der Waals surface area contributed by atoms with Gasteiger partial charge in [0, 0.05) is 38.0 Å². The molecule has 0 saturated heterocycles. The molecule has 0 fully saturated rings. The van der Waals surface area contributed by atoms with E-state index in [-0.39, 0.29) is 35.5 Å². The Labute approximate surface area is 182 Å². The van der Waals surface area contributed by atoms with E-state index < -0.39 is 9.84 Å². The lowest BCUT2D eigenvalue weighted by atomic mass is 10.1. The molecule has 0 aliphatic heterocycles. The SMILES string of the molecule is CCNC(=NCCC(C)N(C)Cc1ccccc1)NCCS(=O)(=O)CC.I. The summed E-state index contributed by atoms with van der Waals surface area (Å²) in [7, 11) is -0.832. The Balaban J connectivity index is 0.00000676. The number of aliphatic imine (C=N–C) groups is 1. The second-order valence-corrected chi connectivity index (χ2v) is 8.93. The molecule has 0 saturated carbocycles. The van der Waals surface area contributed by atoms with Crippen molar-refractivity contribution in [3.8, 4) is 0 Å². The molecule has 1 unspecified atom stereocenters. The Bertz CT molecular complexity index is 638. The number of benzene rings is 1. The lowest BCUT2D eigenvalue weighted by Gasteiger charge is -2.24. The predicted molar refractivity (Wildman–Crippen MR) is 126 cm³/mol. The van der Waals surface area contributed by atoms with Gasteiger partial charge in [0.2, 0.25) is 0 Å². The average molecular weight is 510 g/mol. The molecule has 1 atom stereocenters. The van der Waals surface area contributed by atoms with E-state index in [1.165, 1.54) is 5.56 Å². The van der Waals surface area contributed by atoms with Crippen molar-refractivity contribution < 1.29 is 8.42 Å². The maximum atomic E-state index is 11.6. The van der Waals surface area contributed by atoms with Gasteiger partial charge in [0.15, 0.2) is 15.8 Å². The Morgan fingerprint density at radius 1 is 1.19 bits per heavy atom. The van der Waals surface area contributed by atoms with Crippen LogP contribution in [0.2, 0.25) is 0 Å².